The summed E-state index contributed by atoms with van der Waals surface area (Å²) in [6, 6.07) is 25.7. The van der Waals surface area contributed by atoms with E-state index in [2.05, 4.69) is 10.3 Å². The summed E-state index contributed by atoms with van der Waals surface area (Å²) in [5, 5.41) is 28.5. The van der Waals surface area contributed by atoms with Crippen LogP contribution < -0.4 is 5.32 Å². The molecule has 0 aliphatic rings. The molecule has 5 rings (SSSR count). The van der Waals surface area contributed by atoms with Crippen molar-refractivity contribution in [3.05, 3.63) is 107 Å². The second-order valence-corrected chi connectivity index (χ2v) is 9.21. The topological polar surface area (TPSA) is 82.5 Å². The Balaban J connectivity index is 1.59. The Morgan fingerprint density at radius 2 is 1.69 bits per heavy atom. The number of carbonyl (C=O) groups excluding carboxylic acids is 1. The van der Waals surface area contributed by atoms with Crippen LogP contribution in [0.25, 0.3) is 21.7 Å². The molecule has 1 heterocycles. The number of aromatic hydroxyl groups is 2. The molecule has 3 N–H and O–H groups in total. The van der Waals surface area contributed by atoms with Gasteiger partial charge in [-0.2, -0.15) is 0 Å². The number of Topliss-reactive ketones (excluding diaryl/α,β-unsaturated/α-hetero) is 1. The Morgan fingerprint density at radius 3 is 2.44 bits per heavy atom. The van der Waals surface area contributed by atoms with Gasteiger partial charge in [0, 0.05) is 22.5 Å². The van der Waals surface area contributed by atoms with Gasteiger partial charge in [-0.1, -0.05) is 73.1 Å². The van der Waals surface area contributed by atoms with Gasteiger partial charge in [-0.15, -0.1) is 0 Å². The number of carbonyl (C=O) groups is 1. The smallest absolute Gasteiger partial charge is 0.226 e. The summed E-state index contributed by atoms with van der Waals surface area (Å²) in [7, 11) is 0. The number of hydrogen-bond donors (Lipinski definition) is 3. The number of fused-ring (bicyclic) bond motifs is 2. The van der Waals surface area contributed by atoms with Crippen LogP contribution in [0, 0.1) is 0 Å². The highest BCUT2D eigenvalue weighted by atomic mass is 35.5. The maximum absolute atomic E-state index is 13.9. The molecule has 0 aliphatic carbocycles. The zero-order valence-electron chi connectivity index (χ0n) is 19.7. The molecule has 4 aromatic carbocycles. The van der Waals surface area contributed by atoms with Gasteiger partial charge in [0.25, 0.3) is 0 Å². The summed E-state index contributed by atoms with van der Waals surface area (Å²) >= 11 is 6.06. The lowest BCUT2D eigenvalue weighted by Crippen LogP contribution is -2.32. The van der Waals surface area contributed by atoms with Crippen LogP contribution in [0.3, 0.4) is 0 Å². The summed E-state index contributed by atoms with van der Waals surface area (Å²) in [5.74, 6) is -1.19. The maximum atomic E-state index is 13.9. The molecule has 0 aliphatic heterocycles. The normalized spacial score (nSPS) is 12.1. The first kappa shape index (κ1) is 23.6. The van der Waals surface area contributed by atoms with Gasteiger partial charge in [0.15, 0.2) is 5.78 Å². The largest absolute Gasteiger partial charge is 0.506 e. The number of hydrogen-bond acceptors (Lipinski definition) is 5. The fourth-order valence-electron chi connectivity index (χ4n) is 4.60. The lowest BCUT2D eigenvalue weighted by Gasteiger charge is -2.21. The number of rotatable bonds is 7. The van der Waals surface area contributed by atoms with E-state index in [0.29, 0.717) is 28.8 Å². The Labute approximate surface area is 214 Å². The molecule has 1 unspecified atom stereocenters. The summed E-state index contributed by atoms with van der Waals surface area (Å²) in [6.07, 6.45) is 0.962. The van der Waals surface area contributed by atoms with Crippen LogP contribution in [0.4, 0.5) is 5.69 Å². The Morgan fingerprint density at radius 1 is 0.944 bits per heavy atom. The molecular weight excluding hydrogens is 472 g/mol. The zero-order valence-corrected chi connectivity index (χ0v) is 20.5. The van der Waals surface area contributed by atoms with E-state index in [4.69, 9.17) is 11.6 Å². The first-order valence-corrected chi connectivity index (χ1v) is 12.2. The standard InChI is InChI=1S/C30H25ClN2O3/c1-2-19-8-5-9-24-26(19)29(35)27(30(36)33-24)28(34)25(16-18-10-13-22(31)14-11-18)32-23-15-12-20-6-3-4-7-21(20)17-23/h3-15,17,25,32H,2,16H2,1H3,(H2,33,35,36). The zero-order chi connectivity index (χ0) is 25.2. The predicted octanol–water partition coefficient (Wildman–Crippen LogP) is 6.92. The Bertz CT molecular complexity index is 1580. The van der Waals surface area contributed by atoms with E-state index in [1.807, 2.05) is 73.7 Å². The predicted molar refractivity (Wildman–Crippen MR) is 145 cm³/mol. The number of nitrogens with one attached hydrogen (secondary N) is 1. The molecule has 1 aromatic heterocycles. The van der Waals surface area contributed by atoms with Gasteiger partial charge < -0.3 is 15.5 Å². The van der Waals surface area contributed by atoms with Gasteiger partial charge in [-0.05, 0) is 58.7 Å². The molecule has 36 heavy (non-hydrogen) atoms. The third-order valence-corrected chi connectivity index (χ3v) is 6.69. The number of pyridine rings is 1. The molecule has 0 saturated carbocycles. The fraction of sp³-hybridized carbons (Fsp3) is 0.133. The van der Waals surface area contributed by atoms with Gasteiger partial charge in [0.05, 0.1) is 11.6 Å². The second kappa shape index (κ2) is 9.88. The van der Waals surface area contributed by atoms with Crippen LogP contribution in [0.15, 0.2) is 84.9 Å². The van der Waals surface area contributed by atoms with Crippen LogP contribution in [0.2, 0.25) is 5.02 Å². The summed E-state index contributed by atoms with van der Waals surface area (Å²) < 4.78 is 0. The number of halogens is 1. The highest BCUT2D eigenvalue weighted by Crippen LogP contribution is 2.37. The van der Waals surface area contributed by atoms with Gasteiger partial charge in [-0.3, -0.25) is 4.79 Å². The molecule has 6 heteroatoms. The maximum Gasteiger partial charge on any atom is 0.226 e. The minimum Gasteiger partial charge on any atom is -0.506 e. The van der Waals surface area contributed by atoms with Crippen molar-refractivity contribution in [3.63, 3.8) is 0 Å². The van der Waals surface area contributed by atoms with E-state index in [0.717, 1.165) is 27.6 Å². The molecule has 0 radical (unpaired) electrons. The van der Waals surface area contributed by atoms with Crippen LogP contribution in [-0.2, 0) is 12.8 Å². The number of anilines is 1. The monoisotopic (exact) mass is 496 g/mol. The van der Waals surface area contributed by atoms with E-state index in [1.54, 1.807) is 18.2 Å². The number of ketones is 1. The van der Waals surface area contributed by atoms with Crippen molar-refractivity contribution >= 4 is 44.7 Å². The minimum atomic E-state index is -0.780. The van der Waals surface area contributed by atoms with Crippen LogP contribution in [0.1, 0.15) is 28.4 Å². The van der Waals surface area contributed by atoms with Crippen molar-refractivity contribution in [3.8, 4) is 11.6 Å². The molecule has 5 nitrogen and oxygen atoms in total. The highest BCUT2D eigenvalue weighted by molar-refractivity contribution is 6.30. The number of aryl methyl sites for hydroxylation is 1. The van der Waals surface area contributed by atoms with E-state index in [-0.39, 0.29) is 11.3 Å². The fourth-order valence-corrected chi connectivity index (χ4v) is 4.72. The average molecular weight is 497 g/mol. The van der Waals surface area contributed by atoms with Crippen LogP contribution in [-0.4, -0.2) is 27.0 Å². The Hall–Kier alpha value is -4.09. The summed E-state index contributed by atoms with van der Waals surface area (Å²) in [4.78, 5) is 18.2. The minimum absolute atomic E-state index is 0.185. The molecule has 0 fully saturated rings. The SMILES string of the molecule is CCc1cccc2nc(O)c(C(=O)C(Cc3ccc(Cl)cc3)Nc3ccc4ccccc4c3)c(O)c12. The number of benzene rings is 4. The third kappa shape index (κ3) is 4.58. The third-order valence-electron chi connectivity index (χ3n) is 6.44. The van der Waals surface area contributed by atoms with Gasteiger partial charge >= 0.3 is 0 Å². The van der Waals surface area contributed by atoms with Crippen LogP contribution >= 0.6 is 11.6 Å². The van der Waals surface area contributed by atoms with Crippen molar-refractivity contribution in [2.45, 2.75) is 25.8 Å². The first-order valence-electron chi connectivity index (χ1n) is 11.8. The molecule has 0 amide bonds. The molecule has 5 aromatic rings. The van der Waals surface area contributed by atoms with E-state index >= 15 is 0 Å². The van der Waals surface area contributed by atoms with E-state index < -0.39 is 17.7 Å². The summed E-state index contributed by atoms with van der Waals surface area (Å²) in [5.41, 5.74) is 2.74. The lowest BCUT2D eigenvalue weighted by atomic mass is 9.94. The van der Waals surface area contributed by atoms with E-state index in [9.17, 15) is 15.0 Å². The molecule has 0 bridgehead atoms. The number of nitrogens with zero attached hydrogens (tertiary/aromatic N) is 1. The molecule has 0 saturated heterocycles. The number of aromatic nitrogens is 1. The van der Waals surface area contributed by atoms with Gasteiger partial charge in [0.1, 0.15) is 11.3 Å². The molecular formula is C30H25ClN2O3. The highest BCUT2D eigenvalue weighted by Gasteiger charge is 2.29. The van der Waals surface area contributed by atoms with Crippen molar-refractivity contribution < 1.29 is 15.0 Å². The van der Waals surface area contributed by atoms with Crippen molar-refractivity contribution in [2.24, 2.45) is 0 Å². The van der Waals surface area contributed by atoms with Crippen molar-refractivity contribution in [1.29, 1.82) is 0 Å². The molecule has 1 atom stereocenters. The van der Waals surface area contributed by atoms with Crippen molar-refractivity contribution in [1.82, 2.24) is 4.98 Å². The molecule has 0 spiro atoms. The lowest BCUT2D eigenvalue weighted by molar-refractivity contribution is 0.0963. The first-order chi connectivity index (χ1) is 17.4. The molecule has 180 valence electrons. The second-order valence-electron chi connectivity index (χ2n) is 8.78. The Kier molecular flexibility index (Phi) is 6.49. The van der Waals surface area contributed by atoms with Crippen molar-refractivity contribution in [2.75, 3.05) is 5.32 Å². The quantitative estimate of drug-likeness (QED) is 0.213. The summed E-state index contributed by atoms with van der Waals surface area (Å²) in [6.45, 7) is 1.97. The van der Waals surface area contributed by atoms with Gasteiger partial charge in [0.2, 0.25) is 5.88 Å². The van der Waals surface area contributed by atoms with E-state index in [1.165, 1.54) is 0 Å². The average Bonchev–Trinajstić information content (AvgIpc) is 2.89. The van der Waals surface area contributed by atoms with Crippen LogP contribution in [0.5, 0.6) is 11.6 Å². The van der Waals surface area contributed by atoms with Gasteiger partial charge in [-0.25, -0.2) is 4.98 Å².